The molecule has 0 spiro atoms. The number of hydrogen-bond donors (Lipinski definition) is 3. The molecule has 0 aliphatic heterocycles. The summed E-state index contributed by atoms with van der Waals surface area (Å²) >= 11 is 4.73. The molecule has 0 heterocycles. The molecule has 2 rings (SSSR count). The predicted octanol–water partition coefficient (Wildman–Crippen LogP) is 2.31. The van der Waals surface area contributed by atoms with Crippen LogP contribution >= 0.6 is 12.2 Å². The fourth-order valence-electron chi connectivity index (χ4n) is 1.99. The second-order valence-corrected chi connectivity index (χ2v) is 4.63. The Labute approximate surface area is 112 Å². The lowest BCUT2D eigenvalue weighted by Gasteiger charge is -2.08. The zero-order chi connectivity index (χ0) is 13.0. The molecule has 18 heavy (non-hydrogen) atoms. The van der Waals surface area contributed by atoms with Gasteiger partial charge in [-0.1, -0.05) is 36.4 Å². The quantitative estimate of drug-likeness (QED) is 0.583. The number of nitrogens with one attached hydrogen (secondary N) is 1. The molecule has 0 amide bonds. The number of benzene rings is 2. The minimum absolute atomic E-state index is 0.317. The largest absolute Gasteiger partial charge is 0.507 e. The first-order valence-corrected chi connectivity index (χ1v) is 6.32. The molecular formula is C14H16N2OS. The van der Waals surface area contributed by atoms with E-state index in [4.69, 9.17) is 18.0 Å². The Kier molecular flexibility index (Phi) is 3.99. The van der Waals surface area contributed by atoms with Crippen LogP contribution in [-0.4, -0.2) is 16.8 Å². The first-order valence-electron chi connectivity index (χ1n) is 5.91. The van der Waals surface area contributed by atoms with Crippen molar-refractivity contribution in [2.75, 3.05) is 6.54 Å². The number of fused-ring (bicyclic) bond motifs is 1. The number of thiocarbonyl (C=S) groups is 1. The Morgan fingerprint density at radius 2 is 2.00 bits per heavy atom. The number of rotatable bonds is 4. The van der Waals surface area contributed by atoms with E-state index in [1.807, 2.05) is 36.4 Å². The van der Waals surface area contributed by atoms with E-state index in [1.165, 1.54) is 0 Å². The van der Waals surface area contributed by atoms with Crippen LogP contribution in [0.1, 0.15) is 12.0 Å². The Morgan fingerprint density at radius 3 is 2.78 bits per heavy atom. The summed E-state index contributed by atoms with van der Waals surface area (Å²) in [6.45, 7) is 0.724. The summed E-state index contributed by atoms with van der Waals surface area (Å²) < 4.78 is 0. The normalized spacial score (nSPS) is 10.4. The van der Waals surface area contributed by atoms with Crippen molar-refractivity contribution in [3.05, 3.63) is 42.0 Å². The van der Waals surface area contributed by atoms with E-state index in [9.17, 15) is 5.11 Å². The van der Waals surface area contributed by atoms with Crippen molar-refractivity contribution < 1.29 is 5.11 Å². The van der Waals surface area contributed by atoms with Crippen LogP contribution in [0.5, 0.6) is 5.75 Å². The van der Waals surface area contributed by atoms with E-state index in [1.54, 1.807) is 0 Å². The van der Waals surface area contributed by atoms with Crippen LogP contribution < -0.4 is 11.1 Å². The Balaban J connectivity index is 2.09. The maximum Gasteiger partial charge on any atom is 0.163 e. The number of nitrogens with two attached hydrogens (primary N) is 1. The molecule has 0 unspecified atom stereocenters. The van der Waals surface area contributed by atoms with Crippen LogP contribution in [0, 0.1) is 0 Å². The van der Waals surface area contributed by atoms with Crippen LogP contribution in [0.2, 0.25) is 0 Å². The molecule has 0 bridgehead atoms. The summed E-state index contributed by atoms with van der Waals surface area (Å²) in [5.41, 5.74) is 6.30. The van der Waals surface area contributed by atoms with Gasteiger partial charge < -0.3 is 16.2 Å². The van der Waals surface area contributed by atoms with E-state index in [0.29, 0.717) is 10.9 Å². The average molecular weight is 260 g/mol. The first kappa shape index (κ1) is 12.6. The van der Waals surface area contributed by atoms with Gasteiger partial charge in [0.05, 0.1) is 0 Å². The molecule has 94 valence electrons. The topological polar surface area (TPSA) is 58.3 Å². The Bertz CT molecular complexity index is 569. The van der Waals surface area contributed by atoms with Crippen molar-refractivity contribution >= 4 is 28.1 Å². The third-order valence-electron chi connectivity index (χ3n) is 2.91. The third kappa shape index (κ3) is 2.90. The lowest BCUT2D eigenvalue weighted by Crippen LogP contribution is -2.29. The van der Waals surface area contributed by atoms with Gasteiger partial charge in [-0.25, -0.2) is 0 Å². The standard InChI is InChI=1S/C14H16N2OS/c15-14(18)16-9-3-5-11-8-7-10-4-1-2-6-12(10)13(11)17/h1-2,4,6-8,17H,3,5,9H2,(H3,15,16,18). The van der Waals surface area contributed by atoms with Gasteiger partial charge in [-0.05, 0) is 36.0 Å². The highest BCUT2D eigenvalue weighted by Gasteiger charge is 2.05. The lowest BCUT2D eigenvalue weighted by molar-refractivity contribution is 0.473. The van der Waals surface area contributed by atoms with Gasteiger partial charge in [-0.2, -0.15) is 0 Å². The molecule has 0 aromatic heterocycles. The molecule has 0 radical (unpaired) electrons. The second-order valence-electron chi connectivity index (χ2n) is 4.19. The molecule has 2 aromatic carbocycles. The third-order valence-corrected chi connectivity index (χ3v) is 3.05. The van der Waals surface area contributed by atoms with E-state index in [0.717, 1.165) is 35.7 Å². The first-order chi connectivity index (χ1) is 8.68. The van der Waals surface area contributed by atoms with E-state index >= 15 is 0 Å². The monoisotopic (exact) mass is 260 g/mol. The van der Waals surface area contributed by atoms with Gasteiger partial charge in [-0.15, -0.1) is 0 Å². The molecule has 3 nitrogen and oxygen atoms in total. The van der Waals surface area contributed by atoms with Gasteiger partial charge >= 0.3 is 0 Å². The predicted molar refractivity (Wildman–Crippen MR) is 78.7 cm³/mol. The fraction of sp³-hybridized carbons (Fsp3) is 0.214. The van der Waals surface area contributed by atoms with Gasteiger partial charge in [0.25, 0.3) is 0 Å². The highest BCUT2D eigenvalue weighted by atomic mass is 32.1. The van der Waals surface area contributed by atoms with Crippen LogP contribution in [0.4, 0.5) is 0 Å². The van der Waals surface area contributed by atoms with Crippen molar-refractivity contribution in [3.63, 3.8) is 0 Å². The van der Waals surface area contributed by atoms with Gasteiger partial charge in [0.1, 0.15) is 5.75 Å². The molecule has 0 fully saturated rings. The van der Waals surface area contributed by atoms with Gasteiger partial charge in [-0.3, -0.25) is 0 Å². The summed E-state index contributed by atoms with van der Waals surface area (Å²) in [7, 11) is 0. The number of aromatic hydroxyl groups is 1. The molecule has 2 aromatic rings. The number of phenols is 1. The van der Waals surface area contributed by atoms with Crippen LogP contribution in [-0.2, 0) is 6.42 Å². The van der Waals surface area contributed by atoms with Crippen molar-refractivity contribution in [1.82, 2.24) is 5.32 Å². The molecule has 0 saturated carbocycles. The maximum atomic E-state index is 10.2. The van der Waals surface area contributed by atoms with Crippen LogP contribution in [0.25, 0.3) is 10.8 Å². The van der Waals surface area contributed by atoms with Gasteiger partial charge in [0.15, 0.2) is 5.11 Å². The van der Waals surface area contributed by atoms with Crippen molar-refractivity contribution in [2.45, 2.75) is 12.8 Å². The fourth-order valence-corrected chi connectivity index (χ4v) is 2.09. The summed E-state index contributed by atoms with van der Waals surface area (Å²) in [4.78, 5) is 0. The van der Waals surface area contributed by atoms with Crippen LogP contribution in [0.15, 0.2) is 36.4 Å². The van der Waals surface area contributed by atoms with Crippen molar-refractivity contribution in [2.24, 2.45) is 5.73 Å². The van der Waals surface area contributed by atoms with E-state index in [-0.39, 0.29) is 0 Å². The molecule has 0 aliphatic rings. The summed E-state index contributed by atoms with van der Waals surface area (Å²) in [6.07, 6.45) is 1.68. The molecular weight excluding hydrogens is 244 g/mol. The SMILES string of the molecule is NC(=S)NCCCc1ccc2ccccc2c1O. The molecule has 0 saturated heterocycles. The molecule has 0 atom stereocenters. The van der Waals surface area contributed by atoms with Crippen molar-refractivity contribution in [1.29, 1.82) is 0 Å². The lowest BCUT2D eigenvalue weighted by atomic mass is 10.0. The summed E-state index contributed by atoms with van der Waals surface area (Å²) in [6, 6.07) is 11.8. The van der Waals surface area contributed by atoms with Gasteiger partial charge in [0, 0.05) is 11.9 Å². The van der Waals surface area contributed by atoms with E-state index < -0.39 is 0 Å². The summed E-state index contributed by atoms with van der Waals surface area (Å²) in [5.74, 6) is 0.378. The minimum Gasteiger partial charge on any atom is -0.507 e. The average Bonchev–Trinajstić information content (AvgIpc) is 2.37. The van der Waals surface area contributed by atoms with Crippen molar-refractivity contribution in [3.8, 4) is 5.75 Å². The molecule has 4 heteroatoms. The second kappa shape index (κ2) is 5.69. The molecule has 0 aliphatic carbocycles. The zero-order valence-corrected chi connectivity index (χ0v) is 10.8. The van der Waals surface area contributed by atoms with Crippen LogP contribution in [0.3, 0.4) is 0 Å². The summed E-state index contributed by atoms with van der Waals surface area (Å²) in [5, 5.41) is 15.4. The highest BCUT2D eigenvalue weighted by Crippen LogP contribution is 2.29. The maximum absolute atomic E-state index is 10.2. The minimum atomic E-state index is 0.317. The van der Waals surface area contributed by atoms with E-state index in [2.05, 4.69) is 5.32 Å². The molecule has 4 N–H and O–H groups in total. The Morgan fingerprint density at radius 1 is 1.22 bits per heavy atom. The number of hydrogen-bond acceptors (Lipinski definition) is 2. The highest BCUT2D eigenvalue weighted by molar-refractivity contribution is 7.80. The Hall–Kier alpha value is -1.81. The van der Waals surface area contributed by atoms with Gasteiger partial charge in [0.2, 0.25) is 0 Å². The number of phenolic OH excluding ortho intramolecular Hbond substituents is 1. The number of aryl methyl sites for hydroxylation is 1. The smallest absolute Gasteiger partial charge is 0.163 e. The zero-order valence-electron chi connectivity index (χ0n) is 10.0.